The third kappa shape index (κ3) is 17.8. The number of carbonyl (C=O) groups excluding carboxylic acids is 2. The SMILES string of the molecule is CCCCOC(=O)/N=C(\N)c1ccc(OCCCC2CCN(CCCOc3ccc(/C(N)=N/C(=O)OCCCC)cc3)CC2)cc1.OC(Cn1cncn1)(Cn1cncn1)c1ccc(F)cc1F. The van der Waals surface area contributed by atoms with Crippen LogP contribution in [0.15, 0.2) is 102 Å². The largest absolute Gasteiger partial charge is 0.494 e. The number of aromatic nitrogens is 6. The molecule has 18 nitrogen and oxygen atoms in total. The molecule has 0 bridgehead atoms. The number of amidine groups is 2. The van der Waals surface area contributed by atoms with E-state index >= 15 is 0 Å². The number of hydrogen-bond acceptors (Lipinski definition) is 12. The Bertz CT molecular complexity index is 2170. The first-order valence-corrected chi connectivity index (χ1v) is 23.0. The fourth-order valence-corrected chi connectivity index (χ4v) is 7.23. The van der Waals surface area contributed by atoms with Gasteiger partial charge in [0, 0.05) is 29.3 Å². The van der Waals surface area contributed by atoms with Crippen LogP contribution in [-0.2, 0) is 28.2 Å². The Morgan fingerprint density at radius 1 is 0.721 bits per heavy atom. The summed E-state index contributed by atoms with van der Waals surface area (Å²) < 4.78 is 51.8. The Labute approximate surface area is 395 Å². The molecule has 1 saturated heterocycles. The lowest BCUT2D eigenvalue weighted by Gasteiger charge is -2.32. The molecule has 6 rings (SSSR count). The maximum atomic E-state index is 14.1. The van der Waals surface area contributed by atoms with Crippen LogP contribution in [0.2, 0.25) is 0 Å². The Morgan fingerprint density at radius 3 is 1.68 bits per heavy atom. The minimum absolute atomic E-state index is 0.0556. The summed E-state index contributed by atoms with van der Waals surface area (Å²) in [5, 5.41) is 18.8. The summed E-state index contributed by atoms with van der Waals surface area (Å²) in [5.41, 5.74) is 11.4. The lowest BCUT2D eigenvalue weighted by Crippen LogP contribution is -2.37. The maximum absolute atomic E-state index is 14.1. The molecule has 0 saturated carbocycles. The van der Waals surface area contributed by atoms with E-state index in [1.807, 2.05) is 38.1 Å². The van der Waals surface area contributed by atoms with Crippen molar-refractivity contribution in [2.45, 2.75) is 90.3 Å². The summed E-state index contributed by atoms with van der Waals surface area (Å²) in [4.78, 5) is 41.1. The van der Waals surface area contributed by atoms with Crippen LogP contribution < -0.4 is 20.9 Å². The fourth-order valence-electron chi connectivity index (χ4n) is 7.23. The van der Waals surface area contributed by atoms with Crippen molar-refractivity contribution in [1.29, 1.82) is 0 Å². The summed E-state index contributed by atoms with van der Waals surface area (Å²) in [7, 11) is 0. The number of rotatable bonds is 23. The van der Waals surface area contributed by atoms with Crippen LogP contribution in [0, 0.1) is 17.6 Å². The van der Waals surface area contributed by atoms with E-state index in [4.69, 9.17) is 30.4 Å². The number of piperidine rings is 1. The van der Waals surface area contributed by atoms with E-state index in [0.717, 1.165) is 94.1 Å². The molecule has 1 fully saturated rings. The number of likely N-dealkylation sites (tertiary alicyclic amines) is 1. The van der Waals surface area contributed by atoms with Crippen LogP contribution in [-0.4, -0.2) is 109 Å². The van der Waals surface area contributed by atoms with Crippen molar-refractivity contribution in [3.63, 3.8) is 0 Å². The van der Waals surface area contributed by atoms with Crippen LogP contribution in [0.5, 0.6) is 11.5 Å². The van der Waals surface area contributed by atoms with Gasteiger partial charge in [-0.05, 0) is 119 Å². The highest BCUT2D eigenvalue weighted by molar-refractivity contribution is 6.03. The molecule has 0 radical (unpaired) electrons. The van der Waals surface area contributed by atoms with Crippen molar-refractivity contribution < 1.29 is 42.4 Å². The number of benzene rings is 3. The minimum atomic E-state index is -1.70. The molecule has 0 atom stereocenters. The van der Waals surface area contributed by atoms with E-state index < -0.39 is 29.4 Å². The average Bonchev–Trinajstić information content (AvgIpc) is 4.05. The van der Waals surface area contributed by atoms with Gasteiger partial charge in [0.25, 0.3) is 0 Å². The second-order valence-corrected chi connectivity index (χ2v) is 16.3. The van der Waals surface area contributed by atoms with E-state index in [-0.39, 0.29) is 30.3 Å². The molecule has 3 heterocycles. The number of halogens is 2. The Morgan fingerprint density at radius 2 is 1.22 bits per heavy atom. The lowest BCUT2D eigenvalue weighted by atomic mass is 9.92. The summed E-state index contributed by atoms with van der Waals surface area (Å²) in [6.07, 6.45) is 13.1. The molecular weight excluding hydrogens is 881 g/mol. The lowest BCUT2D eigenvalue weighted by molar-refractivity contribution is -0.00856. The number of aliphatic imine (C=N–C) groups is 2. The molecule has 3 aromatic carbocycles. The first-order valence-electron chi connectivity index (χ1n) is 23.0. The number of carbonyl (C=O) groups is 2. The minimum Gasteiger partial charge on any atom is -0.494 e. The van der Waals surface area contributed by atoms with E-state index in [0.29, 0.717) is 37.6 Å². The molecule has 0 aliphatic carbocycles. The quantitative estimate of drug-likeness (QED) is 0.0339. The summed E-state index contributed by atoms with van der Waals surface area (Å²) in [6.45, 7) is 9.12. The highest BCUT2D eigenvalue weighted by atomic mass is 19.1. The van der Waals surface area contributed by atoms with E-state index in [9.17, 15) is 23.5 Å². The molecule has 20 heteroatoms. The van der Waals surface area contributed by atoms with Crippen LogP contribution in [0.1, 0.15) is 88.3 Å². The zero-order valence-corrected chi connectivity index (χ0v) is 38.8. The van der Waals surface area contributed by atoms with Crippen LogP contribution in [0.4, 0.5) is 18.4 Å². The molecular formula is C48H63F2N11O7. The van der Waals surface area contributed by atoms with Gasteiger partial charge in [0.2, 0.25) is 0 Å². The van der Waals surface area contributed by atoms with Gasteiger partial charge in [-0.25, -0.2) is 37.7 Å². The van der Waals surface area contributed by atoms with Gasteiger partial charge in [0.15, 0.2) is 0 Å². The monoisotopic (exact) mass is 943 g/mol. The van der Waals surface area contributed by atoms with Crippen molar-refractivity contribution in [2.75, 3.05) is 46.1 Å². The van der Waals surface area contributed by atoms with Crippen molar-refractivity contribution in [3.8, 4) is 11.5 Å². The van der Waals surface area contributed by atoms with Crippen LogP contribution in [0.25, 0.3) is 0 Å². The molecule has 1 aliphatic heterocycles. The number of nitrogens with two attached hydrogens (primary N) is 2. The molecule has 0 spiro atoms. The zero-order chi connectivity index (χ0) is 48.6. The first kappa shape index (κ1) is 52.2. The number of amides is 2. The van der Waals surface area contributed by atoms with Gasteiger partial charge in [-0.2, -0.15) is 20.2 Å². The predicted molar refractivity (Wildman–Crippen MR) is 251 cm³/mol. The van der Waals surface area contributed by atoms with Gasteiger partial charge in [-0.1, -0.05) is 32.8 Å². The van der Waals surface area contributed by atoms with Gasteiger partial charge in [0.1, 0.15) is 65.7 Å². The first-order chi connectivity index (χ1) is 32.9. The zero-order valence-electron chi connectivity index (χ0n) is 38.8. The molecule has 1 aliphatic rings. The summed E-state index contributed by atoms with van der Waals surface area (Å²) >= 11 is 0. The van der Waals surface area contributed by atoms with Gasteiger partial charge in [-0.15, -0.1) is 0 Å². The Kier molecular flexibility index (Phi) is 21.3. The van der Waals surface area contributed by atoms with Crippen molar-refractivity contribution in [2.24, 2.45) is 27.4 Å². The fraction of sp³-hybridized carbons (Fsp3) is 0.458. The molecule has 5 N–H and O–H groups in total. The number of aliphatic hydroxyl groups is 1. The predicted octanol–water partition coefficient (Wildman–Crippen LogP) is 7.05. The molecule has 68 heavy (non-hydrogen) atoms. The number of nitrogens with zero attached hydrogens (tertiary/aromatic N) is 9. The molecule has 366 valence electrons. The van der Waals surface area contributed by atoms with Crippen LogP contribution >= 0.6 is 0 Å². The van der Waals surface area contributed by atoms with Gasteiger partial charge < -0.3 is 40.4 Å². The van der Waals surface area contributed by atoms with Crippen LogP contribution in [0.3, 0.4) is 0 Å². The molecule has 5 aromatic rings. The third-order valence-electron chi connectivity index (χ3n) is 11.0. The van der Waals surface area contributed by atoms with Gasteiger partial charge in [-0.3, -0.25) is 0 Å². The average molecular weight is 944 g/mol. The topological polar surface area (TPSA) is 233 Å². The van der Waals surface area contributed by atoms with E-state index in [1.54, 1.807) is 24.3 Å². The third-order valence-corrected chi connectivity index (χ3v) is 11.0. The second-order valence-electron chi connectivity index (χ2n) is 16.3. The van der Waals surface area contributed by atoms with Gasteiger partial charge >= 0.3 is 12.2 Å². The standard InChI is InChI=1S/C35H51N5O6.C13H12F2N6O/c1-3-5-23-45-34(41)38-32(36)28-10-14-30(15-11-28)43-25-7-9-27-18-21-40(22-19-27)20-8-26-44-31-16-12-29(13-17-31)33(37)39-35(42)46-24-6-4-2;14-10-1-2-11(12(15)3-10)13(22,4-20-8-16-6-18-20)5-21-9-17-7-19-21/h10-17,27H,3-9,18-26H2,1-2H3,(H2,36,38,41)(H2,37,39,42);1-3,6-9,22H,4-5H2. The Hall–Kier alpha value is -6.80. The smallest absolute Gasteiger partial charge is 0.435 e. The summed E-state index contributed by atoms with van der Waals surface area (Å²) in [5.74, 6) is 0.956. The highest BCUT2D eigenvalue weighted by Crippen LogP contribution is 2.28. The van der Waals surface area contributed by atoms with Crippen molar-refractivity contribution in [1.82, 2.24) is 34.4 Å². The molecule has 2 aromatic heterocycles. The number of ether oxygens (including phenoxy) is 4. The van der Waals surface area contributed by atoms with Crippen molar-refractivity contribution in [3.05, 3.63) is 120 Å². The van der Waals surface area contributed by atoms with Crippen molar-refractivity contribution >= 4 is 23.9 Å². The highest BCUT2D eigenvalue weighted by Gasteiger charge is 2.34. The maximum Gasteiger partial charge on any atom is 0.435 e. The molecule has 0 unspecified atom stereocenters. The van der Waals surface area contributed by atoms with Gasteiger partial charge in [0.05, 0.1) is 39.5 Å². The van der Waals surface area contributed by atoms with E-state index in [2.05, 4.69) is 35.1 Å². The molecule has 2 amide bonds. The number of unbranched alkanes of at least 4 members (excludes halogenated alkanes) is 2. The van der Waals surface area contributed by atoms with E-state index in [1.165, 1.54) is 53.6 Å². The Balaban J connectivity index is 0.000000324. The summed E-state index contributed by atoms with van der Waals surface area (Å²) in [6, 6.07) is 17.6. The second kappa shape index (κ2) is 27.7. The number of hydrogen-bond donors (Lipinski definition) is 3. The normalized spacial score (nSPS) is 13.7.